The van der Waals surface area contributed by atoms with E-state index in [4.69, 9.17) is 10.2 Å². The molecule has 0 aliphatic rings. The Balaban J connectivity index is 0.00000140. The minimum Gasteiger partial charge on any atom is -0.478 e. The van der Waals surface area contributed by atoms with Crippen LogP contribution in [0.2, 0.25) is 0 Å². The van der Waals surface area contributed by atoms with Gasteiger partial charge in [0.1, 0.15) is 11.6 Å². The summed E-state index contributed by atoms with van der Waals surface area (Å²) in [4.78, 5) is 37.2. The number of carboxylic acids is 2. The van der Waals surface area contributed by atoms with Gasteiger partial charge < -0.3 is 20.2 Å². The number of imidazole rings is 2. The highest BCUT2D eigenvalue weighted by Crippen LogP contribution is 2.17. The van der Waals surface area contributed by atoms with Crippen LogP contribution in [-0.2, 0) is 12.8 Å². The van der Waals surface area contributed by atoms with Crippen molar-refractivity contribution >= 4 is 58.8 Å². The van der Waals surface area contributed by atoms with Gasteiger partial charge in [-0.15, -0.1) is 24.8 Å². The highest BCUT2D eigenvalue weighted by atomic mass is 35.5. The third-order valence-electron chi connectivity index (χ3n) is 4.15. The predicted octanol–water partition coefficient (Wildman–Crippen LogP) is 3.46. The molecule has 4 rings (SSSR count). The quantitative estimate of drug-likeness (QED) is 0.389. The van der Waals surface area contributed by atoms with Gasteiger partial charge in [0.2, 0.25) is 0 Å². The summed E-state index contributed by atoms with van der Waals surface area (Å²) < 4.78 is 0. The van der Waals surface area contributed by atoms with Crippen molar-refractivity contribution in [3.05, 3.63) is 59.2 Å². The zero-order valence-corrected chi connectivity index (χ0v) is 15.9. The maximum absolute atomic E-state index is 11.0. The van der Waals surface area contributed by atoms with Gasteiger partial charge in [-0.3, -0.25) is 0 Å². The lowest BCUT2D eigenvalue weighted by atomic mass is 10.2. The van der Waals surface area contributed by atoms with Crippen LogP contribution in [0.4, 0.5) is 0 Å². The summed E-state index contributed by atoms with van der Waals surface area (Å²) in [6.45, 7) is 0. The molecule has 8 nitrogen and oxygen atoms in total. The number of fused-ring (bicyclic) bond motifs is 2. The molecular weight excluding hydrogens is 407 g/mol. The Morgan fingerprint density at radius 2 is 1.14 bits per heavy atom. The molecule has 0 atom stereocenters. The molecule has 0 unspecified atom stereocenters. The molecule has 4 aromatic rings. The Kier molecular flexibility index (Phi) is 6.27. The summed E-state index contributed by atoms with van der Waals surface area (Å²) in [5, 5.41) is 18.1. The first-order valence-corrected chi connectivity index (χ1v) is 7.93. The van der Waals surface area contributed by atoms with Gasteiger partial charge in [0.15, 0.2) is 0 Å². The maximum Gasteiger partial charge on any atom is 0.335 e. The minimum atomic E-state index is -0.981. The standard InChI is InChI=1S/C18H14N4O4.2ClH/c23-17(24)9-1-3-11-13(7-9)21-15(19-11)5-6-16-20-12-4-2-10(18(25)26)8-14(12)22-16;;/h1-4,7-8H,5-6H2,(H,19,21)(H,20,22)(H,23,24)(H,25,26);2*1H. The van der Waals surface area contributed by atoms with E-state index in [0.29, 0.717) is 34.9 Å². The molecule has 28 heavy (non-hydrogen) atoms. The minimum absolute atomic E-state index is 0. The van der Waals surface area contributed by atoms with E-state index in [1.54, 1.807) is 24.3 Å². The van der Waals surface area contributed by atoms with Crippen molar-refractivity contribution in [3.8, 4) is 0 Å². The van der Waals surface area contributed by atoms with Crippen LogP contribution in [-0.4, -0.2) is 42.1 Å². The van der Waals surface area contributed by atoms with Gasteiger partial charge >= 0.3 is 11.9 Å². The predicted molar refractivity (Wildman–Crippen MR) is 108 cm³/mol. The summed E-state index contributed by atoms with van der Waals surface area (Å²) >= 11 is 0. The number of rotatable bonds is 5. The van der Waals surface area contributed by atoms with E-state index in [9.17, 15) is 9.59 Å². The van der Waals surface area contributed by atoms with Crippen LogP contribution in [0.25, 0.3) is 22.1 Å². The van der Waals surface area contributed by atoms with Crippen LogP contribution >= 0.6 is 24.8 Å². The molecule has 0 radical (unpaired) electrons. The molecule has 0 aliphatic carbocycles. The SMILES string of the molecule is Cl.Cl.O=C(O)c1ccc2nc(CCc3nc4ccc(C(=O)O)cc4[nH]3)[nH]c2c1. The normalized spacial score (nSPS) is 10.4. The number of carbonyl (C=O) groups is 2. The first-order chi connectivity index (χ1) is 12.5. The van der Waals surface area contributed by atoms with Crippen LogP contribution in [0.5, 0.6) is 0 Å². The fourth-order valence-electron chi connectivity index (χ4n) is 2.86. The summed E-state index contributed by atoms with van der Waals surface area (Å²) in [7, 11) is 0. The Morgan fingerprint density at radius 3 is 1.50 bits per heavy atom. The number of carboxylic acid groups (broad SMARTS) is 2. The van der Waals surface area contributed by atoms with Gasteiger partial charge in [-0.1, -0.05) is 0 Å². The molecule has 4 N–H and O–H groups in total. The van der Waals surface area contributed by atoms with Gasteiger partial charge in [-0.05, 0) is 36.4 Å². The molecule has 0 amide bonds. The van der Waals surface area contributed by atoms with E-state index in [2.05, 4.69) is 19.9 Å². The number of aryl methyl sites for hydroxylation is 2. The first kappa shape index (κ1) is 21.2. The van der Waals surface area contributed by atoms with E-state index in [-0.39, 0.29) is 35.9 Å². The second-order valence-corrected chi connectivity index (χ2v) is 5.94. The Bertz CT molecular complexity index is 1080. The molecule has 0 spiro atoms. The van der Waals surface area contributed by atoms with Crippen molar-refractivity contribution in [1.82, 2.24) is 19.9 Å². The Hall–Kier alpha value is -3.10. The van der Waals surface area contributed by atoms with E-state index in [0.717, 1.165) is 11.6 Å². The third kappa shape index (κ3) is 4.08. The molecule has 2 heterocycles. The van der Waals surface area contributed by atoms with Crippen molar-refractivity contribution < 1.29 is 19.8 Å². The largest absolute Gasteiger partial charge is 0.478 e. The van der Waals surface area contributed by atoms with Crippen LogP contribution < -0.4 is 0 Å². The fourth-order valence-corrected chi connectivity index (χ4v) is 2.86. The average Bonchev–Trinajstić information content (AvgIpc) is 3.21. The van der Waals surface area contributed by atoms with Crippen molar-refractivity contribution in [1.29, 1.82) is 0 Å². The van der Waals surface area contributed by atoms with Crippen molar-refractivity contribution in [2.45, 2.75) is 12.8 Å². The number of halogens is 2. The summed E-state index contributed by atoms with van der Waals surface area (Å²) in [5.41, 5.74) is 3.19. The van der Waals surface area contributed by atoms with Gasteiger partial charge in [0, 0.05) is 12.8 Å². The van der Waals surface area contributed by atoms with Crippen molar-refractivity contribution in [3.63, 3.8) is 0 Å². The fraction of sp³-hybridized carbons (Fsp3) is 0.111. The highest BCUT2D eigenvalue weighted by Gasteiger charge is 2.10. The van der Waals surface area contributed by atoms with Crippen LogP contribution in [0.15, 0.2) is 36.4 Å². The average molecular weight is 423 g/mol. The molecular formula is C18H16Cl2N4O4. The van der Waals surface area contributed by atoms with Gasteiger partial charge in [0.05, 0.1) is 33.2 Å². The van der Waals surface area contributed by atoms with Crippen molar-refractivity contribution in [2.24, 2.45) is 0 Å². The smallest absolute Gasteiger partial charge is 0.335 e. The lowest BCUT2D eigenvalue weighted by Gasteiger charge is -1.94. The monoisotopic (exact) mass is 422 g/mol. The zero-order valence-electron chi connectivity index (χ0n) is 14.3. The topological polar surface area (TPSA) is 132 Å². The summed E-state index contributed by atoms with van der Waals surface area (Å²) in [6.07, 6.45) is 1.17. The first-order valence-electron chi connectivity index (χ1n) is 7.93. The second kappa shape index (κ2) is 8.28. The Morgan fingerprint density at radius 1 is 0.750 bits per heavy atom. The molecule has 2 aromatic carbocycles. The lowest BCUT2D eigenvalue weighted by molar-refractivity contribution is 0.0686. The van der Waals surface area contributed by atoms with Crippen molar-refractivity contribution in [2.75, 3.05) is 0 Å². The number of aromatic nitrogens is 4. The number of hydrogen-bond donors (Lipinski definition) is 4. The molecule has 0 fully saturated rings. The number of benzene rings is 2. The van der Waals surface area contributed by atoms with Gasteiger partial charge in [-0.2, -0.15) is 0 Å². The van der Waals surface area contributed by atoms with E-state index in [1.165, 1.54) is 12.1 Å². The Labute approximate surface area is 170 Å². The lowest BCUT2D eigenvalue weighted by Crippen LogP contribution is -1.95. The number of aromatic amines is 2. The number of hydrogen-bond acceptors (Lipinski definition) is 4. The molecule has 0 bridgehead atoms. The van der Waals surface area contributed by atoms with E-state index in [1.807, 2.05) is 0 Å². The van der Waals surface area contributed by atoms with Gasteiger partial charge in [0.25, 0.3) is 0 Å². The highest BCUT2D eigenvalue weighted by molar-refractivity contribution is 5.93. The summed E-state index contributed by atoms with van der Waals surface area (Å²) in [6, 6.07) is 9.51. The van der Waals surface area contributed by atoms with Crippen LogP contribution in [0.1, 0.15) is 32.4 Å². The molecule has 10 heteroatoms. The molecule has 0 saturated heterocycles. The van der Waals surface area contributed by atoms with Crippen LogP contribution in [0, 0.1) is 0 Å². The molecule has 2 aromatic heterocycles. The number of H-pyrrole nitrogens is 2. The zero-order chi connectivity index (χ0) is 18.3. The molecule has 146 valence electrons. The third-order valence-corrected chi connectivity index (χ3v) is 4.15. The molecule has 0 saturated carbocycles. The second-order valence-electron chi connectivity index (χ2n) is 5.94. The number of nitrogens with zero attached hydrogens (tertiary/aromatic N) is 2. The van der Waals surface area contributed by atoms with E-state index < -0.39 is 11.9 Å². The summed E-state index contributed by atoms with van der Waals surface area (Å²) in [5.74, 6) is -0.499. The number of nitrogens with one attached hydrogen (secondary N) is 2. The number of aromatic carboxylic acids is 2. The molecule has 0 aliphatic heterocycles. The van der Waals surface area contributed by atoms with Crippen LogP contribution in [0.3, 0.4) is 0 Å². The van der Waals surface area contributed by atoms with E-state index >= 15 is 0 Å². The maximum atomic E-state index is 11.0. The van der Waals surface area contributed by atoms with Gasteiger partial charge in [-0.25, -0.2) is 19.6 Å².